The molecule has 0 spiro atoms. The number of aliphatic hydroxyl groups excluding tert-OH is 1. The van der Waals surface area contributed by atoms with Crippen molar-refractivity contribution in [2.24, 2.45) is 0 Å². The Labute approximate surface area is 114 Å². The van der Waals surface area contributed by atoms with Crippen molar-refractivity contribution in [3.63, 3.8) is 0 Å². The summed E-state index contributed by atoms with van der Waals surface area (Å²) < 4.78 is 15.8. The van der Waals surface area contributed by atoms with Crippen LogP contribution in [0, 0.1) is 0 Å². The molecule has 0 amide bonds. The lowest BCUT2D eigenvalue weighted by Crippen LogP contribution is -2.20. The summed E-state index contributed by atoms with van der Waals surface area (Å²) in [6.45, 7) is 4.08. The van der Waals surface area contributed by atoms with Gasteiger partial charge in [-0.3, -0.25) is 0 Å². The molecule has 0 aliphatic carbocycles. The van der Waals surface area contributed by atoms with Gasteiger partial charge in [0.1, 0.15) is 18.1 Å². The summed E-state index contributed by atoms with van der Waals surface area (Å²) >= 11 is 0. The Kier molecular flexibility index (Phi) is 7.25. The molecule has 0 bridgehead atoms. The molecule has 2 N–H and O–H groups in total. The highest BCUT2D eigenvalue weighted by atomic mass is 16.5. The van der Waals surface area contributed by atoms with Gasteiger partial charge in [-0.2, -0.15) is 0 Å². The maximum absolute atomic E-state index is 9.29. The molecule has 19 heavy (non-hydrogen) atoms. The first-order chi connectivity index (χ1) is 9.17. The molecule has 108 valence electrons. The van der Waals surface area contributed by atoms with E-state index in [4.69, 9.17) is 14.2 Å². The van der Waals surface area contributed by atoms with Crippen LogP contribution in [0.15, 0.2) is 18.2 Å². The lowest BCUT2D eigenvalue weighted by atomic mass is 10.2. The standard InChI is InChI=1S/C14H23NO4/c1-11(16)10-19-14-8-13(18-3)5-4-12(14)9-15-6-7-17-2/h4-5,8,11,15-16H,6-7,9-10H2,1-3H3. The average Bonchev–Trinajstić information content (AvgIpc) is 2.42. The second kappa shape index (κ2) is 8.74. The van der Waals surface area contributed by atoms with Crippen molar-refractivity contribution in [3.05, 3.63) is 23.8 Å². The lowest BCUT2D eigenvalue weighted by Gasteiger charge is -2.14. The van der Waals surface area contributed by atoms with E-state index in [2.05, 4.69) is 5.32 Å². The molecule has 0 aliphatic heterocycles. The first kappa shape index (κ1) is 15.8. The van der Waals surface area contributed by atoms with Crippen molar-refractivity contribution in [2.75, 3.05) is 34.0 Å². The number of benzene rings is 1. The molecule has 0 heterocycles. The first-order valence-corrected chi connectivity index (χ1v) is 6.34. The molecular formula is C14H23NO4. The van der Waals surface area contributed by atoms with Crippen molar-refractivity contribution in [1.82, 2.24) is 5.32 Å². The zero-order chi connectivity index (χ0) is 14.1. The van der Waals surface area contributed by atoms with E-state index in [1.165, 1.54) is 0 Å². The van der Waals surface area contributed by atoms with Gasteiger partial charge >= 0.3 is 0 Å². The van der Waals surface area contributed by atoms with Crippen LogP contribution >= 0.6 is 0 Å². The molecule has 1 atom stereocenters. The summed E-state index contributed by atoms with van der Waals surface area (Å²) in [6.07, 6.45) is -0.500. The monoisotopic (exact) mass is 269 g/mol. The van der Waals surface area contributed by atoms with Crippen LogP contribution < -0.4 is 14.8 Å². The van der Waals surface area contributed by atoms with Gasteiger partial charge in [0.05, 0.1) is 19.8 Å². The molecule has 0 aliphatic rings. The topological polar surface area (TPSA) is 60.0 Å². The third-order valence-corrected chi connectivity index (χ3v) is 2.55. The second-order valence-electron chi connectivity index (χ2n) is 4.30. The van der Waals surface area contributed by atoms with E-state index in [-0.39, 0.29) is 6.61 Å². The fourth-order valence-electron chi connectivity index (χ4n) is 1.55. The van der Waals surface area contributed by atoms with Crippen LogP contribution in [0.3, 0.4) is 0 Å². The van der Waals surface area contributed by atoms with Crippen LogP contribution in [0.25, 0.3) is 0 Å². The number of methoxy groups -OCH3 is 2. The van der Waals surface area contributed by atoms with Crippen molar-refractivity contribution in [2.45, 2.75) is 19.6 Å². The molecule has 1 aromatic carbocycles. The fraction of sp³-hybridized carbons (Fsp3) is 0.571. The predicted octanol–water partition coefficient (Wildman–Crippen LogP) is 1.19. The van der Waals surface area contributed by atoms with Gasteiger partial charge in [-0.1, -0.05) is 6.07 Å². The summed E-state index contributed by atoms with van der Waals surface area (Å²) in [7, 11) is 3.29. The second-order valence-corrected chi connectivity index (χ2v) is 4.30. The van der Waals surface area contributed by atoms with Crippen molar-refractivity contribution >= 4 is 0 Å². The molecule has 0 fully saturated rings. The SMILES string of the molecule is COCCNCc1ccc(OC)cc1OCC(C)O. The molecule has 5 heteroatoms. The Bertz CT molecular complexity index is 368. The van der Waals surface area contributed by atoms with Gasteiger partial charge in [-0.25, -0.2) is 0 Å². The molecule has 0 aromatic heterocycles. The van der Waals surface area contributed by atoms with Gasteiger partial charge in [0.15, 0.2) is 0 Å². The molecule has 1 unspecified atom stereocenters. The highest BCUT2D eigenvalue weighted by Crippen LogP contribution is 2.25. The maximum Gasteiger partial charge on any atom is 0.127 e. The number of hydrogen-bond acceptors (Lipinski definition) is 5. The fourth-order valence-corrected chi connectivity index (χ4v) is 1.55. The predicted molar refractivity (Wildman–Crippen MR) is 73.8 cm³/mol. The minimum atomic E-state index is -0.500. The molecule has 0 saturated heterocycles. The minimum absolute atomic E-state index is 0.262. The van der Waals surface area contributed by atoms with E-state index in [1.807, 2.05) is 18.2 Å². The molecule has 1 rings (SSSR count). The number of rotatable bonds is 9. The third kappa shape index (κ3) is 5.92. The average molecular weight is 269 g/mol. The summed E-state index contributed by atoms with van der Waals surface area (Å²) in [5, 5.41) is 12.5. The van der Waals surface area contributed by atoms with E-state index in [0.717, 1.165) is 23.6 Å². The number of hydrogen-bond donors (Lipinski definition) is 2. The van der Waals surface area contributed by atoms with Crippen molar-refractivity contribution in [1.29, 1.82) is 0 Å². The lowest BCUT2D eigenvalue weighted by molar-refractivity contribution is 0.122. The largest absolute Gasteiger partial charge is 0.497 e. The highest BCUT2D eigenvalue weighted by molar-refractivity contribution is 5.40. The Hall–Kier alpha value is -1.30. The van der Waals surface area contributed by atoms with E-state index in [1.54, 1.807) is 21.1 Å². The smallest absolute Gasteiger partial charge is 0.127 e. The highest BCUT2D eigenvalue weighted by Gasteiger charge is 2.07. The normalized spacial score (nSPS) is 12.2. The summed E-state index contributed by atoms with van der Waals surface area (Å²) in [5.41, 5.74) is 1.03. The van der Waals surface area contributed by atoms with Gasteiger partial charge < -0.3 is 24.6 Å². The summed E-state index contributed by atoms with van der Waals surface area (Å²) in [6, 6.07) is 5.67. The number of aliphatic hydroxyl groups is 1. The van der Waals surface area contributed by atoms with Crippen LogP contribution in [0.4, 0.5) is 0 Å². The van der Waals surface area contributed by atoms with Crippen LogP contribution in [0.2, 0.25) is 0 Å². The van der Waals surface area contributed by atoms with Crippen LogP contribution in [-0.2, 0) is 11.3 Å². The Morgan fingerprint density at radius 2 is 2.11 bits per heavy atom. The van der Waals surface area contributed by atoms with Gasteiger partial charge in [-0.05, 0) is 13.0 Å². The number of ether oxygens (including phenoxy) is 3. The minimum Gasteiger partial charge on any atom is -0.497 e. The van der Waals surface area contributed by atoms with Gasteiger partial charge in [0.2, 0.25) is 0 Å². The van der Waals surface area contributed by atoms with E-state index in [9.17, 15) is 5.11 Å². The van der Waals surface area contributed by atoms with Crippen molar-refractivity contribution in [3.8, 4) is 11.5 Å². The quantitative estimate of drug-likeness (QED) is 0.659. The van der Waals surface area contributed by atoms with Gasteiger partial charge in [0.25, 0.3) is 0 Å². The maximum atomic E-state index is 9.29. The molecule has 5 nitrogen and oxygen atoms in total. The zero-order valence-corrected chi connectivity index (χ0v) is 11.8. The number of nitrogens with one attached hydrogen (secondary N) is 1. The van der Waals surface area contributed by atoms with Crippen LogP contribution in [0.5, 0.6) is 11.5 Å². The molecule has 0 radical (unpaired) electrons. The van der Waals surface area contributed by atoms with E-state index < -0.39 is 6.10 Å². The summed E-state index contributed by atoms with van der Waals surface area (Å²) in [5.74, 6) is 1.46. The van der Waals surface area contributed by atoms with Crippen molar-refractivity contribution < 1.29 is 19.3 Å². The van der Waals surface area contributed by atoms with E-state index >= 15 is 0 Å². The summed E-state index contributed by atoms with van der Waals surface area (Å²) in [4.78, 5) is 0. The Balaban J connectivity index is 2.65. The first-order valence-electron chi connectivity index (χ1n) is 6.34. The Morgan fingerprint density at radius 1 is 1.32 bits per heavy atom. The van der Waals surface area contributed by atoms with E-state index in [0.29, 0.717) is 13.2 Å². The van der Waals surface area contributed by atoms with Crippen LogP contribution in [-0.4, -0.2) is 45.2 Å². The molecule has 1 aromatic rings. The Morgan fingerprint density at radius 3 is 2.74 bits per heavy atom. The zero-order valence-electron chi connectivity index (χ0n) is 11.8. The molecular weight excluding hydrogens is 246 g/mol. The van der Waals surface area contributed by atoms with Gasteiger partial charge in [-0.15, -0.1) is 0 Å². The van der Waals surface area contributed by atoms with Crippen LogP contribution in [0.1, 0.15) is 12.5 Å². The third-order valence-electron chi connectivity index (χ3n) is 2.55. The van der Waals surface area contributed by atoms with Gasteiger partial charge in [0, 0.05) is 31.8 Å². The molecule has 0 saturated carbocycles.